The number of imidazole rings is 1. The van der Waals surface area contributed by atoms with Crippen LogP contribution < -0.4 is 10.5 Å². The fourth-order valence-electron chi connectivity index (χ4n) is 2.31. The molecule has 2 N–H and O–H groups in total. The number of ether oxygens (including phenoxy) is 1. The van der Waals surface area contributed by atoms with Gasteiger partial charge in [0.15, 0.2) is 5.65 Å². The lowest BCUT2D eigenvalue weighted by Crippen LogP contribution is -2.03. The van der Waals surface area contributed by atoms with E-state index in [1.165, 1.54) is 0 Å². The Balaban J connectivity index is 2.28. The van der Waals surface area contributed by atoms with Crippen molar-refractivity contribution in [3.63, 3.8) is 0 Å². The van der Waals surface area contributed by atoms with Crippen LogP contribution >= 0.6 is 0 Å². The number of aromatic nitrogens is 3. The molecule has 5 heteroatoms. The summed E-state index contributed by atoms with van der Waals surface area (Å²) in [7, 11) is 1.65. The van der Waals surface area contributed by atoms with Crippen molar-refractivity contribution in [3.8, 4) is 11.4 Å². The predicted molar refractivity (Wildman–Crippen MR) is 79.3 cm³/mol. The summed E-state index contributed by atoms with van der Waals surface area (Å²) in [5, 5.41) is 0. The molecule has 2 aromatic heterocycles. The van der Waals surface area contributed by atoms with E-state index in [4.69, 9.17) is 10.5 Å². The largest absolute Gasteiger partial charge is 0.497 e. The molecule has 102 valence electrons. The molecule has 20 heavy (non-hydrogen) atoms. The third-order valence-corrected chi connectivity index (χ3v) is 3.31. The van der Waals surface area contributed by atoms with Crippen molar-refractivity contribution in [2.75, 3.05) is 12.8 Å². The molecule has 0 amide bonds. The third-order valence-electron chi connectivity index (χ3n) is 3.31. The zero-order valence-corrected chi connectivity index (χ0v) is 11.7. The van der Waals surface area contributed by atoms with Gasteiger partial charge in [-0.1, -0.05) is 0 Å². The third kappa shape index (κ3) is 1.87. The first-order valence-corrected chi connectivity index (χ1v) is 6.37. The second kappa shape index (κ2) is 4.52. The molecule has 0 aliphatic carbocycles. The maximum absolute atomic E-state index is 6.06. The molecule has 0 unspecified atom stereocenters. The van der Waals surface area contributed by atoms with Gasteiger partial charge in [-0.3, -0.25) is 4.57 Å². The monoisotopic (exact) mass is 268 g/mol. The zero-order chi connectivity index (χ0) is 14.3. The molecule has 0 spiro atoms. The number of rotatable bonds is 2. The molecule has 0 bridgehead atoms. The number of hydrogen-bond donors (Lipinski definition) is 1. The molecule has 0 saturated carbocycles. The van der Waals surface area contributed by atoms with Crippen molar-refractivity contribution in [1.29, 1.82) is 0 Å². The van der Waals surface area contributed by atoms with Crippen LogP contribution in [-0.4, -0.2) is 21.6 Å². The van der Waals surface area contributed by atoms with Crippen LogP contribution in [0.3, 0.4) is 0 Å². The van der Waals surface area contributed by atoms with Crippen molar-refractivity contribution >= 4 is 17.1 Å². The van der Waals surface area contributed by atoms with Crippen LogP contribution in [0.2, 0.25) is 0 Å². The zero-order valence-electron chi connectivity index (χ0n) is 11.7. The lowest BCUT2D eigenvalue weighted by Gasteiger charge is -2.11. The van der Waals surface area contributed by atoms with Gasteiger partial charge < -0.3 is 10.5 Å². The first-order chi connectivity index (χ1) is 9.60. The van der Waals surface area contributed by atoms with E-state index in [0.29, 0.717) is 5.95 Å². The van der Waals surface area contributed by atoms with Gasteiger partial charge in [0.25, 0.3) is 0 Å². The fraction of sp³-hybridized carbons (Fsp3) is 0.200. The molecule has 0 saturated heterocycles. The topological polar surface area (TPSA) is 66.0 Å². The number of nitrogen functional groups attached to an aromatic ring is 1. The lowest BCUT2D eigenvalue weighted by atomic mass is 10.2. The summed E-state index contributed by atoms with van der Waals surface area (Å²) in [5.74, 6) is 1.25. The Labute approximate surface area is 117 Å². The normalized spacial score (nSPS) is 10.9. The van der Waals surface area contributed by atoms with Crippen molar-refractivity contribution < 1.29 is 4.74 Å². The van der Waals surface area contributed by atoms with Gasteiger partial charge in [0.2, 0.25) is 5.95 Å². The summed E-state index contributed by atoms with van der Waals surface area (Å²) >= 11 is 0. The molecular formula is C15H16N4O. The van der Waals surface area contributed by atoms with Crippen LogP contribution in [0.15, 0.2) is 30.3 Å². The minimum Gasteiger partial charge on any atom is -0.497 e. The van der Waals surface area contributed by atoms with Gasteiger partial charge in [-0.25, -0.2) is 9.97 Å². The maximum atomic E-state index is 6.06. The smallest absolute Gasteiger partial charge is 0.207 e. The number of fused-ring (bicyclic) bond motifs is 1. The quantitative estimate of drug-likeness (QED) is 0.776. The Bertz CT molecular complexity index is 792. The lowest BCUT2D eigenvalue weighted by molar-refractivity contribution is 0.414. The second-order valence-corrected chi connectivity index (χ2v) is 4.75. The van der Waals surface area contributed by atoms with E-state index in [9.17, 15) is 0 Å². The Morgan fingerprint density at radius 1 is 1.10 bits per heavy atom. The van der Waals surface area contributed by atoms with E-state index in [-0.39, 0.29) is 0 Å². The van der Waals surface area contributed by atoms with E-state index in [0.717, 1.165) is 33.9 Å². The number of hydrogen-bond acceptors (Lipinski definition) is 4. The summed E-state index contributed by atoms with van der Waals surface area (Å²) in [6, 6.07) is 9.71. The number of methoxy groups -OCH3 is 1. The van der Waals surface area contributed by atoms with Crippen LogP contribution in [0.25, 0.3) is 16.9 Å². The molecule has 3 aromatic rings. The van der Waals surface area contributed by atoms with Crippen molar-refractivity contribution in [2.45, 2.75) is 13.8 Å². The molecule has 5 nitrogen and oxygen atoms in total. The highest BCUT2D eigenvalue weighted by Gasteiger charge is 2.13. The van der Waals surface area contributed by atoms with E-state index in [2.05, 4.69) is 9.97 Å². The standard InChI is InChI=1S/C15H16N4O/c1-9-8-11(20-3)5-7-13(9)19-14-12(18-15(19)16)6-4-10(2)17-14/h4-8H,1-3H3,(H2,16,18). The molecule has 2 heterocycles. The average Bonchev–Trinajstić information content (AvgIpc) is 2.74. The minimum absolute atomic E-state index is 0.436. The fourth-order valence-corrected chi connectivity index (χ4v) is 2.31. The van der Waals surface area contributed by atoms with Crippen molar-refractivity contribution in [2.24, 2.45) is 0 Å². The highest BCUT2D eigenvalue weighted by Crippen LogP contribution is 2.26. The van der Waals surface area contributed by atoms with E-state index in [1.54, 1.807) is 7.11 Å². The highest BCUT2D eigenvalue weighted by atomic mass is 16.5. The Hall–Kier alpha value is -2.56. The first-order valence-electron chi connectivity index (χ1n) is 6.37. The highest BCUT2D eigenvalue weighted by molar-refractivity contribution is 5.77. The molecule has 1 aromatic carbocycles. The number of pyridine rings is 1. The van der Waals surface area contributed by atoms with Gasteiger partial charge in [0.1, 0.15) is 11.3 Å². The van der Waals surface area contributed by atoms with Gasteiger partial charge >= 0.3 is 0 Å². The van der Waals surface area contributed by atoms with Gasteiger partial charge in [-0.15, -0.1) is 0 Å². The minimum atomic E-state index is 0.436. The Morgan fingerprint density at radius 2 is 1.90 bits per heavy atom. The molecule has 0 fully saturated rings. The van der Waals surface area contributed by atoms with E-state index in [1.807, 2.05) is 48.7 Å². The summed E-state index contributed by atoms with van der Waals surface area (Å²) in [6.45, 7) is 3.97. The van der Waals surface area contributed by atoms with Gasteiger partial charge in [-0.2, -0.15) is 0 Å². The summed E-state index contributed by atoms with van der Waals surface area (Å²) < 4.78 is 7.10. The summed E-state index contributed by atoms with van der Waals surface area (Å²) in [4.78, 5) is 8.91. The Morgan fingerprint density at radius 3 is 2.60 bits per heavy atom. The number of nitrogens with zero attached hydrogens (tertiary/aromatic N) is 3. The number of anilines is 1. The number of benzene rings is 1. The molecule has 0 aliphatic rings. The SMILES string of the molecule is COc1ccc(-n2c(N)nc3ccc(C)nc32)c(C)c1. The van der Waals surface area contributed by atoms with Gasteiger partial charge in [0.05, 0.1) is 12.8 Å². The van der Waals surface area contributed by atoms with Gasteiger partial charge in [0, 0.05) is 5.69 Å². The van der Waals surface area contributed by atoms with E-state index >= 15 is 0 Å². The van der Waals surface area contributed by atoms with Crippen LogP contribution in [0.4, 0.5) is 5.95 Å². The molecule has 0 aliphatic heterocycles. The maximum Gasteiger partial charge on any atom is 0.207 e. The van der Waals surface area contributed by atoms with Crippen LogP contribution in [0, 0.1) is 13.8 Å². The number of nitrogens with two attached hydrogens (primary N) is 1. The molecule has 0 atom stereocenters. The molecule has 3 rings (SSSR count). The Kier molecular flexibility index (Phi) is 2.82. The summed E-state index contributed by atoms with van der Waals surface area (Å²) in [5.41, 5.74) is 10.6. The summed E-state index contributed by atoms with van der Waals surface area (Å²) in [6.07, 6.45) is 0. The number of aryl methyl sites for hydroxylation is 2. The van der Waals surface area contributed by atoms with Crippen LogP contribution in [0.5, 0.6) is 5.75 Å². The predicted octanol–water partition coefficient (Wildman–Crippen LogP) is 2.63. The first kappa shape index (κ1) is 12.5. The van der Waals surface area contributed by atoms with E-state index < -0.39 is 0 Å². The second-order valence-electron chi connectivity index (χ2n) is 4.75. The average molecular weight is 268 g/mol. The van der Waals surface area contributed by atoms with Crippen LogP contribution in [-0.2, 0) is 0 Å². The van der Waals surface area contributed by atoms with Crippen LogP contribution in [0.1, 0.15) is 11.3 Å². The molecular weight excluding hydrogens is 252 g/mol. The van der Waals surface area contributed by atoms with Crippen molar-refractivity contribution in [3.05, 3.63) is 41.6 Å². The molecule has 0 radical (unpaired) electrons. The van der Waals surface area contributed by atoms with Crippen molar-refractivity contribution in [1.82, 2.24) is 14.5 Å². The van der Waals surface area contributed by atoms with Gasteiger partial charge in [-0.05, 0) is 49.7 Å².